The van der Waals surface area contributed by atoms with Gasteiger partial charge >= 0.3 is 0 Å². The minimum absolute atomic E-state index is 0.496. The summed E-state index contributed by atoms with van der Waals surface area (Å²) in [5.41, 5.74) is 0. The Hall–Kier alpha value is -0.0800. The molecule has 66 valence electrons. The second kappa shape index (κ2) is 4.73. The highest BCUT2D eigenvalue weighted by Crippen LogP contribution is 2.12. The fraction of sp³-hybridized carbons (Fsp3) is 1.00. The lowest BCUT2D eigenvalue weighted by atomic mass is 10.1. The van der Waals surface area contributed by atoms with Crippen LogP contribution in [0.25, 0.3) is 0 Å². The number of nitrogens with zero attached hydrogens (tertiary/aromatic N) is 1. The van der Waals surface area contributed by atoms with E-state index in [-0.39, 0.29) is 0 Å². The van der Waals surface area contributed by atoms with Crippen molar-refractivity contribution in [3.8, 4) is 0 Å². The molecular weight excluding hydrogens is 138 g/mol. The van der Waals surface area contributed by atoms with E-state index in [0.717, 1.165) is 6.54 Å². The number of likely N-dealkylation sites (tertiary alicyclic amines) is 1. The van der Waals surface area contributed by atoms with Crippen molar-refractivity contribution < 1.29 is 4.74 Å². The maximum absolute atomic E-state index is 5.33. The summed E-state index contributed by atoms with van der Waals surface area (Å²) < 4.78 is 5.33. The van der Waals surface area contributed by atoms with Gasteiger partial charge in [0.25, 0.3) is 0 Å². The average Bonchev–Trinajstić information content (AvgIpc) is 2.06. The SMILES string of the molecule is CCCN1CCC[C@@H](OC)C1. The van der Waals surface area contributed by atoms with Gasteiger partial charge in [0.05, 0.1) is 6.10 Å². The maximum atomic E-state index is 5.33. The summed E-state index contributed by atoms with van der Waals surface area (Å²) in [4.78, 5) is 2.50. The lowest BCUT2D eigenvalue weighted by Crippen LogP contribution is -2.39. The second-order valence-electron chi connectivity index (χ2n) is 3.30. The van der Waals surface area contributed by atoms with Crippen LogP contribution in [0.1, 0.15) is 26.2 Å². The van der Waals surface area contributed by atoms with E-state index in [1.807, 2.05) is 7.11 Å². The number of piperidine rings is 1. The maximum Gasteiger partial charge on any atom is 0.0698 e. The molecule has 0 unspecified atom stereocenters. The fourth-order valence-corrected chi connectivity index (χ4v) is 1.72. The standard InChI is InChI=1S/C9H19NO/c1-3-6-10-7-4-5-9(8-10)11-2/h9H,3-8H2,1-2H3/t9-/m1/s1. The van der Waals surface area contributed by atoms with Gasteiger partial charge in [-0.25, -0.2) is 0 Å². The number of hydrogen-bond acceptors (Lipinski definition) is 2. The molecule has 0 N–H and O–H groups in total. The van der Waals surface area contributed by atoms with Crippen LogP contribution >= 0.6 is 0 Å². The molecule has 0 aromatic carbocycles. The number of hydrogen-bond donors (Lipinski definition) is 0. The first-order valence-electron chi connectivity index (χ1n) is 4.62. The summed E-state index contributed by atoms with van der Waals surface area (Å²) in [5, 5.41) is 0. The van der Waals surface area contributed by atoms with Crippen molar-refractivity contribution in [3.05, 3.63) is 0 Å². The van der Waals surface area contributed by atoms with Crippen LogP contribution in [0.2, 0.25) is 0 Å². The van der Waals surface area contributed by atoms with E-state index in [2.05, 4.69) is 11.8 Å². The highest BCUT2D eigenvalue weighted by molar-refractivity contribution is 4.72. The zero-order valence-electron chi connectivity index (χ0n) is 7.68. The van der Waals surface area contributed by atoms with Gasteiger partial charge in [-0.15, -0.1) is 0 Å². The lowest BCUT2D eigenvalue weighted by molar-refractivity contribution is 0.0315. The van der Waals surface area contributed by atoms with E-state index >= 15 is 0 Å². The Labute approximate surface area is 69.5 Å². The Morgan fingerprint density at radius 1 is 1.55 bits per heavy atom. The molecule has 1 heterocycles. The molecule has 0 aromatic rings. The molecule has 1 fully saturated rings. The third-order valence-electron chi connectivity index (χ3n) is 2.34. The van der Waals surface area contributed by atoms with Crippen LogP contribution in [0, 0.1) is 0 Å². The van der Waals surface area contributed by atoms with E-state index in [0.29, 0.717) is 6.10 Å². The van der Waals surface area contributed by atoms with Crippen molar-refractivity contribution in [1.82, 2.24) is 4.90 Å². The topological polar surface area (TPSA) is 12.5 Å². The molecule has 0 bridgehead atoms. The predicted octanol–water partition coefficient (Wildman–Crippen LogP) is 1.51. The van der Waals surface area contributed by atoms with Gasteiger partial charge in [0.2, 0.25) is 0 Å². The van der Waals surface area contributed by atoms with Gasteiger partial charge in [0.15, 0.2) is 0 Å². The highest BCUT2D eigenvalue weighted by atomic mass is 16.5. The Balaban J connectivity index is 2.21. The highest BCUT2D eigenvalue weighted by Gasteiger charge is 2.17. The van der Waals surface area contributed by atoms with Gasteiger partial charge in [-0.1, -0.05) is 6.92 Å². The smallest absolute Gasteiger partial charge is 0.0698 e. The van der Waals surface area contributed by atoms with Gasteiger partial charge in [0, 0.05) is 13.7 Å². The van der Waals surface area contributed by atoms with Crippen LogP contribution in [0.4, 0.5) is 0 Å². The molecule has 11 heavy (non-hydrogen) atoms. The average molecular weight is 157 g/mol. The van der Waals surface area contributed by atoms with Gasteiger partial charge < -0.3 is 9.64 Å². The molecule has 0 amide bonds. The van der Waals surface area contributed by atoms with Gasteiger partial charge in [-0.05, 0) is 32.4 Å². The molecule has 0 spiro atoms. The molecule has 0 aromatic heterocycles. The molecule has 1 atom stereocenters. The summed E-state index contributed by atoms with van der Waals surface area (Å²) in [7, 11) is 1.82. The monoisotopic (exact) mass is 157 g/mol. The zero-order chi connectivity index (χ0) is 8.10. The molecule has 0 radical (unpaired) electrons. The molecule has 2 heteroatoms. The molecule has 0 saturated carbocycles. The first-order chi connectivity index (χ1) is 5.36. The van der Waals surface area contributed by atoms with Crippen LogP contribution in [-0.4, -0.2) is 37.7 Å². The predicted molar refractivity (Wildman–Crippen MR) is 46.8 cm³/mol. The van der Waals surface area contributed by atoms with E-state index in [1.54, 1.807) is 0 Å². The zero-order valence-corrected chi connectivity index (χ0v) is 7.68. The quantitative estimate of drug-likeness (QED) is 0.615. The Kier molecular flexibility index (Phi) is 3.87. The van der Waals surface area contributed by atoms with Crippen molar-refractivity contribution in [2.75, 3.05) is 26.7 Å². The molecule has 1 aliphatic rings. The third-order valence-corrected chi connectivity index (χ3v) is 2.34. The van der Waals surface area contributed by atoms with Crippen LogP contribution in [0.3, 0.4) is 0 Å². The van der Waals surface area contributed by atoms with Gasteiger partial charge in [-0.3, -0.25) is 0 Å². The van der Waals surface area contributed by atoms with Crippen LogP contribution in [0.5, 0.6) is 0 Å². The molecular formula is C9H19NO. The first-order valence-corrected chi connectivity index (χ1v) is 4.62. The summed E-state index contributed by atoms with van der Waals surface area (Å²) in [6, 6.07) is 0. The van der Waals surface area contributed by atoms with Crippen molar-refractivity contribution in [2.24, 2.45) is 0 Å². The summed E-state index contributed by atoms with van der Waals surface area (Å²) in [5.74, 6) is 0. The van der Waals surface area contributed by atoms with Gasteiger partial charge in [-0.2, -0.15) is 0 Å². The third kappa shape index (κ3) is 2.80. The van der Waals surface area contributed by atoms with Crippen LogP contribution in [0.15, 0.2) is 0 Å². The van der Waals surface area contributed by atoms with E-state index < -0.39 is 0 Å². The minimum atomic E-state index is 0.496. The van der Waals surface area contributed by atoms with Crippen molar-refractivity contribution in [3.63, 3.8) is 0 Å². The normalized spacial score (nSPS) is 27.3. The Morgan fingerprint density at radius 2 is 2.36 bits per heavy atom. The molecule has 1 saturated heterocycles. The Bertz CT molecular complexity index is 104. The summed E-state index contributed by atoms with van der Waals surface area (Å²) in [6.07, 6.45) is 4.31. The van der Waals surface area contributed by atoms with Gasteiger partial charge in [0.1, 0.15) is 0 Å². The number of ether oxygens (including phenoxy) is 1. The summed E-state index contributed by atoms with van der Waals surface area (Å²) >= 11 is 0. The fourth-order valence-electron chi connectivity index (χ4n) is 1.72. The number of methoxy groups -OCH3 is 1. The van der Waals surface area contributed by atoms with E-state index in [9.17, 15) is 0 Å². The van der Waals surface area contributed by atoms with E-state index in [4.69, 9.17) is 4.74 Å². The largest absolute Gasteiger partial charge is 0.380 e. The first kappa shape index (κ1) is 9.01. The van der Waals surface area contributed by atoms with Crippen LogP contribution in [-0.2, 0) is 4.74 Å². The van der Waals surface area contributed by atoms with E-state index in [1.165, 1.54) is 32.4 Å². The molecule has 1 aliphatic heterocycles. The summed E-state index contributed by atoms with van der Waals surface area (Å²) in [6.45, 7) is 5.88. The second-order valence-corrected chi connectivity index (χ2v) is 3.30. The molecule has 0 aliphatic carbocycles. The number of rotatable bonds is 3. The van der Waals surface area contributed by atoms with Crippen molar-refractivity contribution >= 4 is 0 Å². The van der Waals surface area contributed by atoms with Crippen LogP contribution < -0.4 is 0 Å². The van der Waals surface area contributed by atoms with Crippen molar-refractivity contribution in [2.45, 2.75) is 32.3 Å². The minimum Gasteiger partial charge on any atom is -0.380 e. The van der Waals surface area contributed by atoms with Crippen molar-refractivity contribution in [1.29, 1.82) is 0 Å². The Morgan fingerprint density at radius 3 is 3.00 bits per heavy atom. The molecule has 2 nitrogen and oxygen atoms in total. The lowest BCUT2D eigenvalue weighted by Gasteiger charge is -2.31. The molecule has 1 rings (SSSR count).